The molecule has 1 aromatic heterocycles. The number of hydrogen-bond donors (Lipinski definition) is 0. The molecule has 182 valence electrons. The van der Waals surface area contributed by atoms with Gasteiger partial charge in [0.15, 0.2) is 0 Å². The first-order valence-electron chi connectivity index (χ1n) is 13.3. The van der Waals surface area contributed by atoms with Crippen LogP contribution in [0, 0.1) is 0 Å². The zero-order valence-corrected chi connectivity index (χ0v) is 22.1. The summed E-state index contributed by atoms with van der Waals surface area (Å²) in [4.78, 5) is 4.72. The molecule has 39 heavy (non-hydrogen) atoms. The third-order valence-electron chi connectivity index (χ3n) is 7.82. The first-order valence-corrected chi connectivity index (χ1v) is 14.7. The lowest BCUT2D eigenvalue weighted by Crippen LogP contribution is -2.20. The second-order valence-electron chi connectivity index (χ2n) is 10.0. The second kappa shape index (κ2) is 9.02. The summed E-state index contributed by atoms with van der Waals surface area (Å²) < 4.78 is 0. The molecule has 0 fully saturated rings. The minimum Gasteiger partial charge on any atom is -0.256 e. The number of pyridine rings is 1. The lowest BCUT2D eigenvalue weighted by Gasteiger charge is -2.19. The van der Waals surface area contributed by atoms with Gasteiger partial charge in [-0.2, -0.15) is 0 Å². The summed E-state index contributed by atoms with van der Waals surface area (Å²) in [6.45, 7) is 0. The molecule has 1 aliphatic rings. The molecule has 0 N–H and O–H groups in total. The van der Waals surface area contributed by atoms with Crippen LogP contribution in [0.5, 0.6) is 0 Å². The van der Waals surface area contributed by atoms with Crippen molar-refractivity contribution in [1.29, 1.82) is 0 Å². The highest BCUT2D eigenvalue weighted by Gasteiger charge is 2.23. The van der Waals surface area contributed by atoms with E-state index in [0.717, 1.165) is 5.69 Å². The molecule has 0 radical (unpaired) electrons. The van der Waals surface area contributed by atoms with Crippen LogP contribution in [0.2, 0.25) is 0 Å². The van der Waals surface area contributed by atoms with Gasteiger partial charge in [0, 0.05) is 17.3 Å². The van der Waals surface area contributed by atoms with Gasteiger partial charge in [-0.25, -0.2) is 0 Å². The van der Waals surface area contributed by atoms with Crippen molar-refractivity contribution in [3.8, 4) is 33.5 Å². The third kappa shape index (κ3) is 3.62. The third-order valence-corrected chi connectivity index (χ3v) is 10.3. The molecule has 1 heterocycles. The molecule has 6 aromatic carbocycles. The molecule has 0 bridgehead atoms. The van der Waals surface area contributed by atoms with Gasteiger partial charge in [0.2, 0.25) is 0 Å². The molecular weight excluding hydrogens is 489 g/mol. The van der Waals surface area contributed by atoms with E-state index in [1.54, 1.807) is 0 Å². The summed E-state index contributed by atoms with van der Waals surface area (Å²) in [6.07, 6.45) is 1.90. The maximum atomic E-state index is 4.72. The van der Waals surface area contributed by atoms with Crippen molar-refractivity contribution in [2.75, 3.05) is 0 Å². The van der Waals surface area contributed by atoms with Crippen LogP contribution in [0.15, 0.2) is 146 Å². The molecule has 7 aromatic rings. The van der Waals surface area contributed by atoms with E-state index in [-0.39, 0.29) is 0 Å². The van der Waals surface area contributed by atoms with Gasteiger partial charge in [0.25, 0.3) is 0 Å². The summed E-state index contributed by atoms with van der Waals surface area (Å²) in [7, 11) is -0.608. The van der Waals surface area contributed by atoms with Crippen LogP contribution in [-0.2, 0) is 0 Å². The van der Waals surface area contributed by atoms with E-state index in [2.05, 4.69) is 133 Å². The fourth-order valence-corrected chi connectivity index (χ4v) is 8.32. The van der Waals surface area contributed by atoms with E-state index < -0.39 is 7.92 Å². The van der Waals surface area contributed by atoms with E-state index in [9.17, 15) is 0 Å². The highest BCUT2D eigenvalue weighted by atomic mass is 31.1. The van der Waals surface area contributed by atoms with Crippen LogP contribution in [-0.4, -0.2) is 4.98 Å². The van der Waals surface area contributed by atoms with Crippen molar-refractivity contribution in [3.05, 3.63) is 146 Å². The first-order chi connectivity index (χ1) is 19.3. The number of rotatable bonds is 4. The predicted molar refractivity (Wildman–Crippen MR) is 168 cm³/mol. The maximum absolute atomic E-state index is 4.72. The average Bonchev–Trinajstić information content (AvgIpc) is 3.33. The monoisotopic (exact) mass is 513 g/mol. The SMILES string of the molecule is c1ccc(P(c2ccccc2)c2ccc(-c3ccc4cc5c6c(cccc6c4c3)-c3ncccc3-5)cc2)cc1. The summed E-state index contributed by atoms with van der Waals surface area (Å²) in [5.74, 6) is 0. The molecule has 1 aliphatic carbocycles. The Morgan fingerprint density at radius 2 is 1.10 bits per heavy atom. The maximum Gasteiger partial charge on any atom is 0.0786 e. The van der Waals surface area contributed by atoms with Gasteiger partial charge in [-0.15, -0.1) is 0 Å². The Balaban J connectivity index is 1.23. The number of hydrogen-bond acceptors (Lipinski definition) is 1. The zero-order valence-electron chi connectivity index (χ0n) is 21.3. The molecule has 0 spiro atoms. The van der Waals surface area contributed by atoms with E-state index in [4.69, 9.17) is 4.98 Å². The van der Waals surface area contributed by atoms with Crippen LogP contribution in [0.3, 0.4) is 0 Å². The molecule has 0 saturated heterocycles. The van der Waals surface area contributed by atoms with Crippen molar-refractivity contribution >= 4 is 45.4 Å². The van der Waals surface area contributed by atoms with Gasteiger partial charge in [-0.05, 0) is 80.3 Å². The molecular formula is C37H24NP. The van der Waals surface area contributed by atoms with Crippen LogP contribution in [0.1, 0.15) is 0 Å². The van der Waals surface area contributed by atoms with E-state index in [1.807, 2.05) is 12.3 Å². The van der Waals surface area contributed by atoms with E-state index in [0.29, 0.717) is 0 Å². The Hall–Kier alpha value is -4.58. The van der Waals surface area contributed by atoms with Gasteiger partial charge in [-0.1, -0.05) is 121 Å². The molecule has 2 heteroatoms. The second-order valence-corrected chi connectivity index (χ2v) is 12.3. The van der Waals surface area contributed by atoms with Crippen molar-refractivity contribution < 1.29 is 0 Å². The average molecular weight is 514 g/mol. The molecule has 0 aliphatic heterocycles. The molecule has 0 amide bonds. The Kier molecular flexibility index (Phi) is 5.18. The summed E-state index contributed by atoms with van der Waals surface area (Å²) >= 11 is 0. The minimum atomic E-state index is -0.608. The van der Waals surface area contributed by atoms with Gasteiger partial charge in [0.1, 0.15) is 0 Å². The topological polar surface area (TPSA) is 12.9 Å². The van der Waals surface area contributed by atoms with Gasteiger partial charge >= 0.3 is 0 Å². The minimum absolute atomic E-state index is 0.608. The van der Waals surface area contributed by atoms with Crippen molar-refractivity contribution in [2.45, 2.75) is 0 Å². The Labute approximate surface area is 229 Å². The van der Waals surface area contributed by atoms with Gasteiger partial charge in [0.05, 0.1) is 5.69 Å². The van der Waals surface area contributed by atoms with Gasteiger partial charge < -0.3 is 0 Å². The van der Waals surface area contributed by atoms with Crippen molar-refractivity contribution in [2.24, 2.45) is 0 Å². The highest BCUT2D eigenvalue weighted by Crippen LogP contribution is 2.48. The first kappa shape index (κ1) is 22.4. The van der Waals surface area contributed by atoms with Crippen LogP contribution < -0.4 is 15.9 Å². The van der Waals surface area contributed by atoms with E-state index in [1.165, 1.54) is 65.3 Å². The Morgan fingerprint density at radius 3 is 1.85 bits per heavy atom. The zero-order chi connectivity index (χ0) is 25.8. The number of benzene rings is 6. The largest absolute Gasteiger partial charge is 0.256 e. The quantitative estimate of drug-likeness (QED) is 0.170. The number of fused-ring (bicyclic) bond motifs is 5. The van der Waals surface area contributed by atoms with E-state index >= 15 is 0 Å². The Morgan fingerprint density at radius 1 is 0.436 bits per heavy atom. The molecule has 0 unspecified atom stereocenters. The van der Waals surface area contributed by atoms with Crippen LogP contribution in [0.25, 0.3) is 55.1 Å². The summed E-state index contributed by atoms with van der Waals surface area (Å²) in [5.41, 5.74) is 7.35. The lowest BCUT2D eigenvalue weighted by atomic mass is 9.94. The number of aromatic nitrogens is 1. The van der Waals surface area contributed by atoms with Crippen LogP contribution >= 0.6 is 7.92 Å². The smallest absolute Gasteiger partial charge is 0.0786 e. The normalized spacial score (nSPS) is 11.8. The highest BCUT2D eigenvalue weighted by molar-refractivity contribution is 7.79. The molecule has 0 saturated carbocycles. The standard InChI is InChI=1S/C37H24NP/c1-3-9-28(10-4-1)39(29-11-5-2-6-12-29)30-20-18-25(19-21-30)26-16-17-27-24-35-32-15-8-22-38-37(32)33-14-7-13-31(36(33)35)34(27)23-26/h1-24H. The molecule has 0 atom stereocenters. The fraction of sp³-hybridized carbons (Fsp3) is 0. The summed E-state index contributed by atoms with van der Waals surface area (Å²) in [6, 6.07) is 51.1. The summed E-state index contributed by atoms with van der Waals surface area (Å²) in [5, 5.41) is 9.29. The fourth-order valence-electron chi connectivity index (χ4n) is 6.04. The molecule has 1 nitrogen and oxygen atoms in total. The molecule has 8 rings (SSSR count). The Bertz CT molecular complexity index is 1960. The van der Waals surface area contributed by atoms with Crippen molar-refractivity contribution in [1.82, 2.24) is 4.98 Å². The lowest BCUT2D eigenvalue weighted by molar-refractivity contribution is 1.35. The number of nitrogens with zero attached hydrogens (tertiary/aromatic N) is 1. The van der Waals surface area contributed by atoms with Crippen LogP contribution in [0.4, 0.5) is 0 Å². The van der Waals surface area contributed by atoms with Crippen molar-refractivity contribution in [3.63, 3.8) is 0 Å². The predicted octanol–water partition coefficient (Wildman–Crippen LogP) is 8.46. The van der Waals surface area contributed by atoms with Gasteiger partial charge in [-0.3, -0.25) is 4.98 Å².